The normalized spacial score (nSPS) is 10.8. The van der Waals surface area contributed by atoms with Gasteiger partial charge in [-0.1, -0.05) is 29.8 Å². The van der Waals surface area contributed by atoms with Crippen molar-refractivity contribution >= 4 is 12.0 Å². The summed E-state index contributed by atoms with van der Waals surface area (Å²) in [4.78, 5) is 15.0. The van der Waals surface area contributed by atoms with Crippen LogP contribution in [0.4, 0.5) is 5.82 Å². The number of methoxy groups -OCH3 is 1. The highest BCUT2D eigenvalue weighted by Crippen LogP contribution is 2.28. The Bertz CT molecular complexity index is 1030. The molecule has 144 valence electrons. The standard InChI is InChI=1S/C20H21N5O3/c1-13-4-6-15(7-5-13)12-28-17-9-8-16(10-18(17)27-3)11-21-24-19-14(2)23-25-20(26)22-19/h4-11H,12H2,1-3H3,(H2,22,24,25,26)/b21-11+. The molecule has 1 heterocycles. The van der Waals surface area contributed by atoms with Crippen molar-refractivity contribution in [2.45, 2.75) is 20.5 Å². The topological polar surface area (TPSA) is 101 Å². The zero-order valence-electron chi connectivity index (χ0n) is 15.9. The number of aromatic nitrogens is 3. The first-order chi connectivity index (χ1) is 13.5. The van der Waals surface area contributed by atoms with Gasteiger partial charge in [0.25, 0.3) is 0 Å². The maximum Gasteiger partial charge on any atom is 0.363 e. The first-order valence-electron chi connectivity index (χ1n) is 8.64. The van der Waals surface area contributed by atoms with Crippen molar-refractivity contribution in [2.24, 2.45) is 5.10 Å². The number of nitrogens with zero attached hydrogens (tertiary/aromatic N) is 3. The molecule has 3 rings (SSSR count). The van der Waals surface area contributed by atoms with E-state index >= 15 is 0 Å². The minimum absolute atomic E-state index is 0.296. The van der Waals surface area contributed by atoms with Crippen LogP contribution in [-0.2, 0) is 6.61 Å². The highest BCUT2D eigenvalue weighted by Gasteiger charge is 2.06. The molecule has 0 aliphatic rings. The molecule has 0 saturated heterocycles. The van der Waals surface area contributed by atoms with Gasteiger partial charge in [0.2, 0.25) is 0 Å². The molecule has 0 aliphatic carbocycles. The van der Waals surface area contributed by atoms with Crippen molar-refractivity contribution in [1.82, 2.24) is 15.2 Å². The van der Waals surface area contributed by atoms with Gasteiger partial charge in [0.05, 0.1) is 13.3 Å². The van der Waals surface area contributed by atoms with Crippen LogP contribution in [0.5, 0.6) is 11.5 Å². The molecular formula is C20H21N5O3. The van der Waals surface area contributed by atoms with Gasteiger partial charge in [0.15, 0.2) is 17.3 Å². The van der Waals surface area contributed by atoms with Gasteiger partial charge in [-0.25, -0.2) is 9.89 Å². The third kappa shape index (κ3) is 4.94. The number of nitrogens with one attached hydrogen (secondary N) is 2. The fourth-order valence-corrected chi connectivity index (χ4v) is 2.40. The monoisotopic (exact) mass is 379 g/mol. The predicted molar refractivity (Wildman–Crippen MR) is 107 cm³/mol. The highest BCUT2D eigenvalue weighted by atomic mass is 16.5. The molecule has 0 spiro atoms. The molecular weight excluding hydrogens is 358 g/mol. The summed E-state index contributed by atoms with van der Waals surface area (Å²) in [6.45, 7) is 4.21. The largest absolute Gasteiger partial charge is 0.493 e. The second-order valence-electron chi connectivity index (χ2n) is 6.13. The molecule has 2 aromatic carbocycles. The lowest BCUT2D eigenvalue weighted by Crippen LogP contribution is -2.15. The van der Waals surface area contributed by atoms with E-state index in [2.05, 4.69) is 37.8 Å². The average molecular weight is 379 g/mol. The zero-order valence-corrected chi connectivity index (χ0v) is 15.9. The summed E-state index contributed by atoms with van der Waals surface area (Å²) in [5.74, 6) is 1.54. The first kappa shape index (κ1) is 19.1. The lowest BCUT2D eigenvalue weighted by Gasteiger charge is -2.11. The van der Waals surface area contributed by atoms with Gasteiger partial charge in [-0.15, -0.1) is 0 Å². The molecule has 3 aromatic rings. The Hall–Kier alpha value is -3.68. The second kappa shape index (κ2) is 8.81. The molecule has 0 fully saturated rings. The number of aryl methyl sites for hydroxylation is 2. The van der Waals surface area contributed by atoms with Crippen molar-refractivity contribution in [3.8, 4) is 11.5 Å². The summed E-state index contributed by atoms with van der Waals surface area (Å²) in [5, 5.41) is 10.2. The van der Waals surface area contributed by atoms with Crippen LogP contribution >= 0.6 is 0 Å². The molecule has 0 unspecified atom stereocenters. The van der Waals surface area contributed by atoms with E-state index in [0.29, 0.717) is 29.6 Å². The van der Waals surface area contributed by atoms with Crippen LogP contribution in [-0.4, -0.2) is 28.5 Å². The van der Waals surface area contributed by atoms with Crippen LogP contribution < -0.4 is 20.6 Å². The number of aromatic amines is 1. The van der Waals surface area contributed by atoms with Crippen molar-refractivity contribution in [3.05, 3.63) is 75.3 Å². The first-order valence-corrected chi connectivity index (χ1v) is 8.64. The van der Waals surface area contributed by atoms with E-state index in [9.17, 15) is 4.79 Å². The number of benzene rings is 2. The summed E-state index contributed by atoms with van der Waals surface area (Å²) in [7, 11) is 1.59. The smallest absolute Gasteiger partial charge is 0.363 e. The fourth-order valence-electron chi connectivity index (χ4n) is 2.40. The van der Waals surface area contributed by atoms with E-state index in [1.165, 1.54) is 5.56 Å². The van der Waals surface area contributed by atoms with Crippen LogP contribution in [0.3, 0.4) is 0 Å². The molecule has 0 amide bonds. The maximum atomic E-state index is 11.2. The lowest BCUT2D eigenvalue weighted by molar-refractivity contribution is 0.284. The number of rotatable bonds is 7. The molecule has 0 atom stereocenters. The van der Waals surface area contributed by atoms with E-state index in [-0.39, 0.29) is 0 Å². The summed E-state index contributed by atoms with van der Waals surface area (Å²) >= 11 is 0. The minimum Gasteiger partial charge on any atom is -0.493 e. The van der Waals surface area contributed by atoms with Gasteiger partial charge >= 0.3 is 5.69 Å². The quantitative estimate of drug-likeness (QED) is 0.483. The van der Waals surface area contributed by atoms with Gasteiger partial charge in [0, 0.05) is 0 Å². The maximum absolute atomic E-state index is 11.2. The van der Waals surface area contributed by atoms with E-state index < -0.39 is 5.69 Å². The second-order valence-corrected chi connectivity index (χ2v) is 6.13. The Morgan fingerprint density at radius 3 is 2.68 bits per heavy atom. The Kier molecular flexibility index (Phi) is 6.01. The number of ether oxygens (including phenoxy) is 2. The van der Waals surface area contributed by atoms with E-state index in [1.54, 1.807) is 20.2 Å². The van der Waals surface area contributed by atoms with Crippen LogP contribution in [0.15, 0.2) is 52.4 Å². The zero-order chi connectivity index (χ0) is 19.9. The number of hydrazone groups is 1. The molecule has 8 nitrogen and oxygen atoms in total. The van der Waals surface area contributed by atoms with Crippen molar-refractivity contribution in [1.29, 1.82) is 0 Å². The van der Waals surface area contributed by atoms with E-state index in [1.807, 2.05) is 37.3 Å². The van der Waals surface area contributed by atoms with Gasteiger partial charge in [0.1, 0.15) is 12.3 Å². The molecule has 0 radical (unpaired) electrons. The third-order valence-electron chi connectivity index (χ3n) is 3.96. The van der Waals surface area contributed by atoms with E-state index in [4.69, 9.17) is 9.47 Å². The molecule has 0 bridgehead atoms. The predicted octanol–water partition coefficient (Wildman–Crippen LogP) is 2.82. The summed E-state index contributed by atoms with van der Waals surface area (Å²) in [5.41, 5.74) is 5.79. The van der Waals surface area contributed by atoms with Gasteiger partial charge in [-0.2, -0.15) is 15.2 Å². The molecule has 0 aliphatic heterocycles. The van der Waals surface area contributed by atoms with Crippen LogP contribution in [0.25, 0.3) is 0 Å². The molecule has 1 aromatic heterocycles. The Morgan fingerprint density at radius 2 is 1.93 bits per heavy atom. The third-order valence-corrected chi connectivity index (χ3v) is 3.96. The van der Waals surface area contributed by atoms with Crippen LogP contribution in [0.1, 0.15) is 22.4 Å². The lowest BCUT2D eigenvalue weighted by atomic mass is 10.2. The Morgan fingerprint density at radius 1 is 1.14 bits per heavy atom. The van der Waals surface area contributed by atoms with Crippen molar-refractivity contribution in [3.63, 3.8) is 0 Å². The van der Waals surface area contributed by atoms with Crippen LogP contribution in [0, 0.1) is 13.8 Å². The summed E-state index contributed by atoms with van der Waals surface area (Å²) in [6, 6.07) is 13.7. The number of hydrogen-bond donors (Lipinski definition) is 2. The summed E-state index contributed by atoms with van der Waals surface area (Å²) < 4.78 is 11.3. The van der Waals surface area contributed by atoms with Gasteiger partial charge < -0.3 is 9.47 Å². The van der Waals surface area contributed by atoms with Crippen molar-refractivity contribution in [2.75, 3.05) is 12.5 Å². The van der Waals surface area contributed by atoms with Crippen LogP contribution in [0.2, 0.25) is 0 Å². The molecule has 28 heavy (non-hydrogen) atoms. The van der Waals surface area contributed by atoms with Gasteiger partial charge in [-0.3, -0.25) is 5.43 Å². The molecule has 0 saturated carbocycles. The Labute approximate surface area is 162 Å². The Balaban J connectivity index is 1.67. The fraction of sp³-hybridized carbons (Fsp3) is 0.200. The average Bonchev–Trinajstić information content (AvgIpc) is 2.70. The van der Waals surface area contributed by atoms with Crippen molar-refractivity contribution < 1.29 is 9.47 Å². The highest BCUT2D eigenvalue weighted by molar-refractivity contribution is 5.81. The molecule has 8 heteroatoms. The minimum atomic E-state index is -0.542. The SMILES string of the molecule is COc1cc(/C=N/Nc2nc(=O)[nH]nc2C)ccc1OCc1ccc(C)cc1. The number of hydrogen-bond acceptors (Lipinski definition) is 7. The molecule has 2 N–H and O–H groups in total. The number of anilines is 1. The number of H-pyrrole nitrogens is 1. The van der Waals surface area contributed by atoms with E-state index in [0.717, 1.165) is 11.1 Å². The van der Waals surface area contributed by atoms with Gasteiger partial charge in [-0.05, 0) is 43.2 Å². The summed E-state index contributed by atoms with van der Waals surface area (Å²) in [6.07, 6.45) is 1.59.